The van der Waals surface area contributed by atoms with Crippen molar-refractivity contribution in [3.05, 3.63) is 29.8 Å². The molecule has 0 aromatic heterocycles. The Labute approximate surface area is 167 Å². The van der Waals surface area contributed by atoms with E-state index in [4.69, 9.17) is 4.74 Å². The molecule has 0 fully saturated rings. The average molecular weight is 414 g/mol. The number of amides is 2. The first-order valence-electron chi connectivity index (χ1n) is 9.07. The standard InChI is InChI=1S/C19H31N3O5S/c1-14(2)11-20-19(24)15(3)22(18(23)13-21(4)28(6,25)26)12-16-7-9-17(27-5)10-8-16/h7-10,14-15H,11-13H2,1-6H3,(H,20,24). The molecule has 2 amide bonds. The molecule has 1 aromatic rings. The highest BCUT2D eigenvalue weighted by Crippen LogP contribution is 2.15. The maximum atomic E-state index is 12.8. The van der Waals surface area contributed by atoms with Crippen molar-refractivity contribution in [3.8, 4) is 5.75 Å². The number of nitrogens with one attached hydrogen (secondary N) is 1. The molecule has 1 N–H and O–H groups in total. The Balaban J connectivity index is 3.03. The van der Waals surface area contributed by atoms with Gasteiger partial charge in [0.15, 0.2) is 0 Å². The van der Waals surface area contributed by atoms with Crippen LogP contribution in [0.3, 0.4) is 0 Å². The minimum atomic E-state index is -3.51. The Morgan fingerprint density at radius 3 is 2.18 bits per heavy atom. The molecule has 0 aliphatic heterocycles. The molecule has 1 unspecified atom stereocenters. The van der Waals surface area contributed by atoms with E-state index in [2.05, 4.69) is 5.32 Å². The SMILES string of the molecule is COc1ccc(CN(C(=O)CN(C)S(C)(=O)=O)C(C)C(=O)NCC(C)C)cc1. The van der Waals surface area contributed by atoms with Crippen LogP contribution in [0.25, 0.3) is 0 Å². The van der Waals surface area contributed by atoms with Crippen LogP contribution < -0.4 is 10.1 Å². The third-order valence-corrected chi connectivity index (χ3v) is 5.55. The molecule has 9 heteroatoms. The van der Waals surface area contributed by atoms with E-state index in [1.54, 1.807) is 38.3 Å². The number of hydrogen-bond acceptors (Lipinski definition) is 5. The largest absolute Gasteiger partial charge is 0.497 e. The molecule has 0 heterocycles. The highest BCUT2D eigenvalue weighted by atomic mass is 32.2. The zero-order valence-electron chi connectivity index (χ0n) is 17.4. The first kappa shape index (κ1) is 23.9. The molecule has 8 nitrogen and oxygen atoms in total. The van der Waals surface area contributed by atoms with E-state index in [0.717, 1.165) is 16.1 Å². The second kappa shape index (κ2) is 10.4. The topological polar surface area (TPSA) is 96.0 Å². The van der Waals surface area contributed by atoms with E-state index in [1.165, 1.54) is 11.9 Å². The fraction of sp³-hybridized carbons (Fsp3) is 0.579. The average Bonchev–Trinajstić information content (AvgIpc) is 2.63. The maximum Gasteiger partial charge on any atom is 0.242 e. The van der Waals surface area contributed by atoms with E-state index < -0.39 is 22.0 Å². The number of rotatable bonds is 10. The summed E-state index contributed by atoms with van der Waals surface area (Å²) >= 11 is 0. The van der Waals surface area contributed by atoms with Crippen LogP contribution >= 0.6 is 0 Å². The molecule has 0 saturated carbocycles. The third kappa shape index (κ3) is 7.47. The molecule has 0 aliphatic rings. The van der Waals surface area contributed by atoms with Crippen LogP contribution in [0.5, 0.6) is 5.75 Å². The van der Waals surface area contributed by atoms with Crippen LogP contribution in [0.1, 0.15) is 26.3 Å². The normalized spacial score (nSPS) is 12.7. The lowest BCUT2D eigenvalue weighted by Gasteiger charge is -2.30. The van der Waals surface area contributed by atoms with Crippen molar-refractivity contribution in [3.63, 3.8) is 0 Å². The van der Waals surface area contributed by atoms with Crippen molar-refractivity contribution in [2.24, 2.45) is 5.92 Å². The summed E-state index contributed by atoms with van der Waals surface area (Å²) in [6.45, 7) is 5.93. The molecule has 0 bridgehead atoms. The first-order valence-corrected chi connectivity index (χ1v) is 10.9. The monoisotopic (exact) mass is 413 g/mol. The quantitative estimate of drug-likeness (QED) is 0.619. The van der Waals surface area contributed by atoms with E-state index in [-0.39, 0.29) is 24.9 Å². The van der Waals surface area contributed by atoms with Gasteiger partial charge in [-0.05, 0) is 30.5 Å². The Bertz CT molecular complexity index is 762. The molecule has 1 atom stereocenters. The molecule has 158 valence electrons. The van der Waals surface area contributed by atoms with Gasteiger partial charge in [-0.25, -0.2) is 8.42 Å². The first-order chi connectivity index (χ1) is 13.0. The van der Waals surface area contributed by atoms with Crippen molar-refractivity contribution < 1.29 is 22.7 Å². The van der Waals surface area contributed by atoms with E-state index in [9.17, 15) is 18.0 Å². The highest BCUT2D eigenvalue weighted by Gasteiger charge is 2.28. The minimum absolute atomic E-state index is 0.177. The van der Waals surface area contributed by atoms with Crippen LogP contribution in [0, 0.1) is 5.92 Å². The number of ether oxygens (including phenoxy) is 1. The number of hydrogen-bond donors (Lipinski definition) is 1. The summed E-state index contributed by atoms with van der Waals surface area (Å²) in [6.07, 6.45) is 1.03. The zero-order valence-corrected chi connectivity index (χ0v) is 18.2. The molecule has 0 saturated heterocycles. The summed E-state index contributed by atoms with van der Waals surface area (Å²) in [6, 6.07) is 6.39. The van der Waals surface area contributed by atoms with Gasteiger partial charge in [0.1, 0.15) is 11.8 Å². The Kier molecular flexibility index (Phi) is 8.90. The van der Waals surface area contributed by atoms with Gasteiger partial charge in [-0.2, -0.15) is 4.31 Å². The molecular formula is C19H31N3O5S. The Hall–Kier alpha value is -2.13. The lowest BCUT2D eigenvalue weighted by atomic mass is 10.1. The van der Waals surface area contributed by atoms with Gasteiger partial charge in [0, 0.05) is 20.1 Å². The van der Waals surface area contributed by atoms with Crippen molar-refractivity contribution in [1.82, 2.24) is 14.5 Å². The molecule has 1 aromatic carbocycles. The number of sulfonamides is 1. The second-order valence-corrected chi connectivity index (χ2v) is 9.29. The number of carbonyl (C=O) groups is 2. The van der Waals surface area contributed by atoms with Crippen molar-refractivity contribution in [2.75, 3.05) is 33.5 Å². The molecule has 1 rings (SSSR count). The van der Waals surface area contributed by atoms with Gasteiger partial charge >= 0.3 is 0 Å². The summed E-state index contributed by atoms with van der Waals surface area (Å²) in [5.74, 6) is 0.230. The lowest BCUT2D eigenvalue weighted by Crippen LogP contribution is -2.51. The molecule has 0 spiro atoms. The summed E-state index contributed by atoms with van der Waals surface area (Å²) < 4.78 is 29.4. The van der Waals surface area contributed by atoms with Crippen LogP contribution in [0.15, 0.2) is 24.3 Å². The summed E-state index contributed by atoms with van der Waals surface area (Å²) in [4.78, 5) is 26.7. The number of nitrogens with zero attached hydrogens (tertiary/aromatic N) is 2. The predicted molar refractivity (Wildman–Crippen MR) is 108 cm³/mol. The van der Waals surface area contributed by atoms with E-state index >= 15 is 0 Å². The fourth-order valence-corrected chi connectivity index (χ4v) is 2.71. The number of likely N-dealkylation sites (N-methyl/N-ethyl adjacent to an activating group) is 1. The maximum absolute atomic E-state index is 12.8. The molecule has 0 radical (unpaired) electrons. The zero-order chi connectivity index (χ0) is 21.5. The van der Waals surface area contributed by atoms with Crippen molar-refractivity contribution >= 4 is 21.8 Å². The summed E-state index contributed by atoms with van der Waals surface area (Å²) in [5, 5.41) is 2.82. The van der Waals surface area contributed by atoms with Crippen LogP contribution in [0.2, 0.25) is 0 Å². The van der Waals surface area contributed by atoms with Gasteiger partial charge in [0.25, 0.3) is 0 Å². The van der Waals surface area contributed by atoms with Crippen LogP contribution in [0.4, 0.5) is 0 Å². The van der Waals surface area contributed by atoms with Gasteiger partial charge < -0.3 is 15.0 Å². The van der Waals surface area contributed by atoms with Gasteiger partial charge in [0.05, 0.1) is 19.9 Å². The van der Waals surface area contributed by atoms with Gasteiger partial charge in [-0.1, -0.05) is 26.0 Å². The number of methoxy groups -OCH3 is 1. The van der Waals surface area contributed by atoms with Gasteiger partial charge in [0.2, 0.25) is 21.8 Å². The Morgan fingerprint density at radius 1 is 1.14 bits per heavy atom. The van der Waals surface area contributed by atoms with E-state index in [1.807, 2.05) is 13.8 Å². The molecular weight excluding hydrogens is 382 g/mol. The predicted octanol–water partition coefficient (Wildman–Crippen LogP) is 1.08. The van der Waals surface area contributed by atoms with Crippen molar-refractivity contribution in [2.45, 2.75) is 33.4 Å². The van der Waals surface area contributed by atoms with Gasteiger partial charge in [-0.15, -0.1) is 0 Å². The summed E-state index contributed by atoms with van der Waals surface area (Å²) in [5.41, 5.74) is 0.805. The molecule has 28 heavy (non-hydrogen) atoms. The third-order valence-electron chi connectivity index (χ3n) is 4.29. The highest BCUT2D eigenvalue weighted by molar-refractivity contribution is 7.88. The fourth-order valence-electron chi connectivity index (χ4n) is 2.36. The Morgan fingerprint density at radius 2 is 1.71 bits per heavy atom. The van der Waals surface area contributed by atoms with Crippen LogP contribution in [-0.2, 0) is 26.2 Å². The second-order valence-electron chi connectivity index (χ2n) is 7.20. The lowest BCUT2D eigenvalue weighted by molar-refractivity contribution is -0.140. The number of carbonyl (C=O) groups excluding carboxylic acids is 2. The molecule has 0 aliphatic carbocycles. The smallest absolute Gasteiger partial charge is 0.242 e. The van der Waals surface area contributed by atoms with Crippen molar-refractivity contribution in [1.29, 1.82) is 0 Å². The van der Waals surface area contributed by atoms with Crippen LogP contribution in [-0.4, -0.2) is 69.0 Å². The summed E-state index contributed by atoms with van der Waals surface area (Å²) in [7, 11) is -0.614. The number of benzene rings is 1. The van der Waals surface area contributed by atoms with Gasteiger partial charge in [-0.3, -0.25) is 9.59 Å². The minimum Gasteiger partial charge on any atom is -0.497 e. The van der Waals surface area contributed by atoms with E-state index in [0.29, 0.717) is 12.3 Å².